The number of rotatable bonds is 1. The lowest BCUT2D eigenvalue weighted by Gasteiger charge is -2.45. The Morgan fingerprint density at radius 3 is 2.44 bits per heavy atom. The standard InChI is InChI=1S/C14H17NO/c16-14-12-6-8-15(9-7-12)13(14)10-11-4-2-1-3-5-11/h1-5,10,12,14,16H,6-9H2/b13-10-/t14-/m1/s1. The molecule has 0 spiro atoms. The summed E-state index contributed by atoms with van der Waals surface area (Å²) in [6.45, 7) is 2.22. The molecule has 2 bridgehead atoms. The van der Waals surface area contributed by atoms with Crippen molar-refractivity contribution in [2.24, 2.45) is 5.92 Å². The van der Waals surface area contributed by atoms with Gasteiger partial charge in [-0.15, -0.1) is 0 Å². The Hall–Kier alpha value is -1.28. The number of benzene rings is 1. The quantitative estimate of drug-likeness (QED) is 0.775. The predicted octanol–water partition coefficient (Wildman–Crippen LogP) is 2.11. The maximum absolute atomic E-state index is 10.2. The van der Waals surface area contributed by atoms with Crippen LogP contribution in [0.1, 0.15) is 18.4 Å². The fraction of sp³-hybridized carbons (Fsp3) is 0.429. The van der Waals surface area contributed by atoms with Crippen LogP contribution in [0.5, 0.6) is 0 Å². The van der Waals surface area contributed by atoms with Crippen LogP contribution in [0.3, 0.4) is 0 Å². The first-order valence-corrected chi connectivity index (χ1v) is 6.04. The Kier molecular flexibility index (Phi) is 2.44. The van der Waals surface area contributed by atoms with Gasteiger partial charge in [0.2, 0.25) is 0 Å². The monoisotopic (exact) mass is 215 g/mol. The van der Waals surface area contributed by atoms with Gasteiger partial charge >= 0.3 is 0 Å². The summed E-state index contributed by atoms with van der Waals surface area (Å²) in [5.41, 5.74) is 2.30. The van der Waals surface area contributed by atoms with Crippen molar-refractivity contribution in [1.82, 2.24) is 4.90 Å². The van der Waals surface area contributed by atoms with Gasteiger partial charge < -0.3 is 10.0 Å². The molecule has 0 unspecified atom stereocenters. The Morgan fingerprint density at radius 2 is 1.81 bits per heavy atom. The van der Waals surface area contributed by atoms with Crippen molar-refractivity contribution in [1.29, 1.82) is 0 Å². The fourth-order valence-electron chi connectivity index (χ4n) is 2.80. The van der Waals surface area contributed by atoms with Gasteiger partial charge in [0.05, 0.1) is 6.10 Å². The molecule has 3 aliphatic rings. The van der Waals surface area contributed by atoms with Gasteiger partial charge in [-0.25, -0.2) is 0 Å². The van der Waals surface area contributed by atoms with Crippen LogP contribution in [0, 0.1) is 5.92 Å². The van der Waals surface area contributed by atoms with Gasteiger partial charge in [-0.1, -0.05) is 30.3 Å². The molecule has 3 aliphatic heterocycles. The number of piperidine rings is 3. The van der Waals surface area contributed by atoms with Crippen LogP contribution >= 0.6 is 0 Å². The highest BCUT2D eigenvalue weighted by molar-refractivity contribution is 5.54. The molecule has 2 heteroatoms. The van der Waals surface area contributed by atoms with Crippen molar-refractivity contribution in [3.05, 3.63) is 41.6 Å². The topological polar surface area (TPSA) is 23.5 Å². The van der Waals surface area contributed by atoms with E-state index in [0.29, 0.717) is 5.92 Å². The lowest BCUT2D eigenvalue weighted by atomic mass is 9.83. The molecule has 2 nitrogen and oxygen atoms in total. The molecule has 1 atom stereocenters. The molecule has 1 aromatic rings. The summed E-state index contributed by atoms with van der Waals surface area (Å²) in [6.07, 6.45) is 4.18. The number of aliphatic hydroxyl groups excluding tert-OH is 1. The maximum Gasteiger partial charge on any atom is 0.0965 e. The second-order valence-corrected chi connectivity index (χ2v) is 4.75. The molecular formula is C14H17NO. The molecule has 16 heavy (non-hydrogen) atoms. The summed E-state index contributed by atoms with van der Waals surface area (Å²) in [7, 11) is 0. The normalized spacial score (nSPS) is 31.1. The largest absolute Gasteiger partial charge is 0.387 e. The zero-order chi connectivity index (χ0) is 11.0. The summed E-state index contributed by atoms with van der Waals surface area (Å²) < 4.78 is 0. The van der Waals surface area contributed by atoms with Crippen molar-refractivity contribution in [2.45, 2.75) is 18.9 Å². The second-order valence-electron chi connectivity index (χ2n) is 4.75. The van der Waals surface area contributed by atoms with Gasteiger partial charge in [-0.3, -0.25) is 0 Å². The van der Waals surface area contributed by atoms with Crippen molar-refractivity contribution in [3.63, 3.8) is 0 Å². The molecule has 84 valence electrons. The molecule has 3 heterocycles. The Bertz CT molecular complexity index is 386. The summed E-state index contributed by atoms with van der Waals surface area (Å²) in [5, 5.41) is 10.2. The maximum atomic E-state index is 10.2. The van der Waals surface area contributed by atoms with Gasteiger partial charge in [-0.05, 0) is 30.4 Å². The smallest absolute Gasteiger partial charge is 0.0965 e. The molecule has 3 saturated heterocycles. The first-order chi connectivity index (χ1) is 7.84. The van der Waals surface area contributed by atoms with E-state index < -0.39 is 0 Å². The molecule has 1 N–H and O–H groups in total. The van der Waals surface area contributed by atoms with E-state index in [1.54, 1.807) is 0 Å². The van der Waals surface area contributed by atoms with E-state index in [2.05, 4.69) is 23.1 Å². The highest BCUT2D eigenvalue weighted by atomic mass is 16.3. The van der Waals surface area contributed by atoms with Crippen LogP contribution < -0.4 is 0 Å². The fourth-order valence-corrected chi connectivity index (χ4v) is 2.80. The lowest BCUT2D eigenvalue weighted by molar-refractivity contribution is 0.0215. The number of aliphatic hydroxyl groups is 1. The Balaban J connectivity index is 1.92. The molecule has 0 amide bonds. The Morgan fingerprint density at radius 1 is 1.12 bits per heavy atom. The number of fused-ring (bicyclic) bond motifs is 3. The molecule has 4 rings (SSSR count). The lowest BCUT2D eigenvalue weighted by Crippen LogP contribution is -2.48. The molecule has 0 saturated carbocycles. The molecular weight excluding hydrogens is 198 g/mol. The van der Waals surface area contributed by atoms with E-state index >= 15 is 0 Å². The predicted molar refractivity (Wildman–Crippen MR) is 64.7 cm³/mol. The average Bonchev–Trinajstić information content (AvgIpc) is 2.36. The molecule has 0 aliphatic carbocycles. The van der Waals surface area contributed by atoms with Crippen LogP contribution in [-0.2, 0) is 0 Å². The van der Waals surface area contributed by atoms with Gasteiger partial charge in [0, 0.05) is 18.8 Å². The van der Waals surface area contributed by atoms with E-state index in [-0.39, 0.29) is 6.10 Å². The SMILES string of the molecule is O[C@H]1/C(=C/c2ccccc2)N2CCC1CC2. The minimum Gasteiger partial charge on any atom is -0.387 e. The van der Waals surface area contributed by atoms with E-state index in [4.69, 9.17) is 0 Å². The van der Waals surface area contributed by atoms with Crippen LogP contribution in [0.4, 0.5) is 0 Å². The average molecular weight is 215 g/mol. The summed E-state index contributed by atoms with van der Waals surface area (Å²) in [5.74, 6) is 0.486. The second kappa shape index (κ2) is 3.95. The number of hydrogen-bond donors (Lipinski definition) is 1. The molecule has 0 radical (unpaired) electrons. The third kappa shape index (κ3) is 1.63. The van der Waals surface area contributed by atoms with Gasteiger partial charge in [-0.2, -0.15) is 0 Å². The zero-order valence-corrected chi connectivity index (χ0v) is 9.34. The van der Waals surface area contributed by atoms with Crippen LogP contribution in [-0.4, -0.2) is 29.2 Å². The van der Waals surface area contributed by atoms with Gasteiger partial charge in [0.25, 0.3) is 0 Å². The zero-order valence-electron chi connectivity index (χ0n) is 9.34. The van der Waals surface area contributed by atoms with E-state index in [0.717, 1.165) is 31.6 Å². The molecule has 1 aromatic carbocycles. The van der Waals surface area contributed by atoms with E-state index in [9.17, 15) is 5.11 Å². The van der Waals surface area contributed by atoms with Crippen LogP contribution in [0.2, 0.25) is 0 Å². The van der Waals surface area contributed by atoms with E-state index in [1.165, 1.54) is 5.56 Å². The first kappa shape index (κ1) is 9.91. The molecule has 3 fully saturated rings. The minimum absolute atomic E-state index is 0.247. The highest BCUT2D eigenvalue weighted by Crippen LogP contribution is 2.35. The third-order valence-corrected chi connectivity index (χ3v) is 3.77. The van der Waals surface area contributed by atoms with Crippen molar-refractivity contribution < 1.29 is 5.11 Å². The Labute approximate surface area is 96.2 Å². The van der Waals surface area contributed by atoms with Gasteiger partial charge in [0.15, 0.2) is 0 Å². The highest BCUT2D eigenvalue weighted by Gasteiger charge is 2.36. The first-order valence-electron chi connectivity index (χ1n) is 6.04. The summed E-state index contributed by atoms with van der Waals surface area (Å²) in [4.78, 5) is 2.33. The van der Waals surface area contributed by atoms with Crippen molar-refractivity contribution >= 4 is 6.08 Å². The van der Waals surface area contributed by atoms with Crippen molar-refractivity contribution in [2.75, 3.05) is 13.1 Å². The number of hydrogen-bond acceptors (Lipinski definition) is 2. The van der Waals surface area contributed by atoms with Crippen molar-refractivity contribution in [3.8, 4) is 0 Å². The number of nitrogens with zero attached hydrogens (tertiary/aromatic N) is 1. The van der Waals surface area contributed by atoms with Crippen LogP contribution in [0.25, 0.3) is 6.08 Å². The minimum atomic E-state index is -0.247. The summed E-state index contributed by atoms with van der Waals surface area (Å²) >= 11 is 0. The molecule has 0 aromatic heterocycles. The van der Waals surface area contributed by atoms with E-state index in [1.807, 2.05) is 18.2 Å². The summed E-state index contributed by atoms with van der Waals surface area (Å²) in [6, 6.07) is 10.3. The third-order valence-electron chi connectivity index (χ3n) is 3.77. The van der Waals surface area contributed by atoms with Gasteiger partial charge in [0.1, 0.15) is 0 Å². The van der Waals surface area contributed by atoms with Crippen LogP contribution in [0.15, 0.2) is 36.0 Å².